The number of furan rings is 1. The molecule has 1 aliphatic heterocycles. The highest BCUT2D eigenvalue weighted by Crippen LogP contribution is 2.14. The Kier molecular flexibility index (Phi) is 3.22. The van der Waals surface area contributed by atoms with E-state index in [1.807, 2.05) is 12.1 Å². The minimum atomic E-state index is 0.315. The molecule has 0 aliphatic carbocycles. The first kappa shape index (κ1) is 9.74. The standard InChI is InChI=1S/C11H18N2O/c1-9(11-5-3-7-14-11)13-10-4-2-6-12-8-10/h3,5,7,9-10,12-13H,2,4,6,8H2,1H3/t9-,10?/m1/s1. The van der Waals surface area contributed by atoms with E-state index in [1.54, 1.807) is 6.26 Å². The smallest absolute Gasteiger partial charge is 0.120 e. The summed E-state index contributed by atoms with van der Waals surface area (Å²) in [6.45, 7) is 4.38. The average molecular weight is 194 g/mol. The minimum Gasteiger partial charge on any atom is -0.468 e. The summed E-state index contributed by atoms with van der Waals surface area (Å²) in [7, 11) is 0. The molecule has 3 heteroatoms. The lowest BCUT2D eigenvalue weighted by Crippen LogP contribution is -2.43. The minimum absolute atomic E-state index is 0.315. The van der Waals surface area contributed by atoms with Crippen molar-refractivity contribution < 1.29 is 4.42 Å². The summed E-state index contributed by atoms with van der Waals surface area (Å²) < 4.78 is 5.35. The van der Waals surface area contributed by atoms with Crippen LogP contribution in [0.1, 0.15) is 31.6 Å². The summed E-state index contributed by atoms with van der Waals surface area (Å²) in [6.07, 6.45) is 4.26. The monoisotopic (exact) mass is 194 g/mol. The van der Waals surface area contributed by atoms with Crippen LogP contribution in [0.2, 0.25) is 0 Å². The van der Waals surface area contributed by atoms with Gasteiger partial charge in [0.2, 0.25) is 0 Å². The molecule has 14 heavy (non-hydrogen) atoms. The number of hydrogen-bond acceptors (Lipinski definition) is 3. The van der Waals surface area contributed by atoms with E-state index in [1.165, 1.54) is 12.8 Å². The normalized spacial score (nSPS) is 24.8. The highest BCUT2D eigenvalue weighted by atomic mass is 16.3. The molecular formula is C11H18N2O. The zero-order valence-corrected chi connectivity index (χ0v) is 8.62. The van der Waals surface area contributed by atoms with Crippen molar-refractivity contribution in [3.05, 3.63) is 24.2 Å². The molecule has 0 radical (unpaired) electrons. The van der Waals surface area contributed by atoms with Crippen molar-refractivity contribution in [2.75, 3.05) is 13.1 Å². The van der Waals surface area contributed by atoms with E-state index in [2.05, 4.69) is 17.6 Å². The Hall–Kier alpha value is -0.800. The first-order valence-electron chi connectivity index (χ1n) is 5.36. The molecule has 0 aromatic carbocycles. The lowest BCUT2D eigenvalue weighted by atomic mass is 10.1. The van der Waals surface area contributed by atoms with Crippen molar-refractivity contribution in [2.45, 2.75) is 31.8 Å². The Morgan fingerprint density at radius 2 is 2.57 bits per heavy atom. The third kappa shape index (κ3) is 2.36. The van der Waals surface area contributed by atoms with E-state index in [-0.39, 0.29) is 0 Å². The molecule has 1 aromatic rings. The second-order valence-corrected chi connectivity index (χ2v) is 3.95. The highest BCUT2D eigenvalue weighted by molar-refractivity contribution is 5.03. The van der Waals surface area contributed by atoms with Gasteiger partial charge in [0.15, 0.2) is 0 Å². The van der Waals surface area contributed by atoms with Crippen molar-refractivity contribution in [3.63, 3.8) is 0 Å². The van der Waals surface area contributed by atoms with Crippen molar-refractivity contribution in [1.82, 2.24) is 10.6 Å². The second kappa shape index (κ2) is 4.62. The van der Waals surface area contributed by atoms with Crippen LogP contribution >= 0.6 is 0 Å². The molecule has 1 fully saturated rings. The van der Waals surface area contributed by atoms with E-state index < -0.39 is 0 Å². The van der Waals surface area contributed by atoms with E-state index in [0.29, 0.717) is 12.1 Å². The van der Waals surface area contributed by atoms with Crippen LogP contribution in [0.25, 0.3) is 0 Å². The molecule has 2 atom stereocenters. The molecule has 0 amide bonds. The van der Waals surface area contributed by atoms with Crippen LogP contribution in [0, 0.1) is 0 Å². The van der Waals surface area contributed by atoms with Gasteiger partial charge in [-0.25, -0.2) is 0 Å². The second-order valence-electron chi connectivity index (χ2n) is 3.95. The van der Waals surface area contributed by atoms with Gasteiger partial charge in [-0.3, -0.25) is 0 Å². The zero-order valence-electron chi connectivity index (χ0n) is 8.62. The molecule has 0 spiro atoms. The summed E-state index contributed by atoms with van der Waals surface area (Å²) in [4.78, 5) is 0. The van der Waals surface area contributed by atoms with Crippen molar-refractivity contribution in [2.24, 2.45) is 0 Å². The zero-order chi connectivity index (χ0) is 9.80. The highest BCUT2D eigenvalue weighted by Gasteiger charge is 2.16. The molecule has 1 unspecified atom stereocenters. The largest absolute Gasteiger partial charge is 0.468 e. The Morgan fingerprint density at radius 1 is 1.64 bits per heavy atom. The topological polar surface area (TPSA) is 37.2 Å². The van der Waals surface area contributed by atoms with E-state index in [9.17, 15) is 0 Å². The number of nitrogens with one attached hydrogen (secondary N) is 2. The van der Waals surface area contributed by atoms with Gasteiger partial charge in [-0.15, -0.1) is 0 Å². The Labute approximate surface area is 84.9 Å². The summed E-state index contributed by atoms with van der Waals surface area (Å²) in [5.74, 6) is 1.02. The van der Waals surface area contributed by atoms with E-state index in [4.69, 9.17) is 4.42 Å². The van der Waals surface area contributed by atoms with Gasteiger partial charge in [0.1, 0.15) is 5.76 Å². The third-order valence-corrected chi connectivity index (χ3v) is 2.75. The van der Waals surface area contributed by atoms with E-state index in [0.717, 1.165) is 18.8 Å². The fourth-order valence-electron chi connectivity index (χ4n) is 1.97. The van der Waals surface area contributed by atoms with Crippen LogP contribution in [0.5, 0.6) is 0 Å². The van der Waals surface area contributed by atoms with Crippen molar-refractivity contribution in [3.8, 4) is 0 Å². The van der Waals surface area contributed by atoms with Crippen LogP contribution in [-0.2, 0) is 0 Å². The van der Waals surface area contributed by atoms with Gasteiger partial charge in [-0.2, -0.15) is 0 Å². The SMILES string of the molecule is C[C@@H](NC1CCCNC1)c1ccco1. The van der Waals surface area contributed by atoms with Crippen LogP contribution in [0.4, 0.5) is 0 Å². The molecule has 1 aliphatic rings. The maximum atomic E-state index is 5.35. The maximum Gasteiger partial charge on any atom is 0.120 e. The molecule has 0 saturated carbocycles. The Balaban J connectivity index is 1.84. The summed E-state index contributed by atoms with van der Waals surface area (Å²) in [6, 6.07) is 4.86. The van der Waals surface area contributed by atoms with Crippen LogP contribution in [-0.4, -0.2) is 19.1 Å². The van der Waals surface area contributed by atoms with Crippen LogP contribution < -0.4 is 10.6 Å². The molecule has 0 bridgehead atoms. The van der Waals surface area contributed by atoms with Gasteiger partial charge < -0.3 is 15.1 Å². The van der Waals surface area contributed by atoms with Crippen molar-refractivity contribution >= 4 is 0 Å². The first-order chi connectivity index (χ1) is 6.86. The van der Waals surface area contributed by atoms with E-state index >= 15 is 0 Å². The van der Waals surface area contributed by atoms with Gasteiger partial charge in [-0.1, -0.05) is 0 Å². The van der Waals surface area contributed by atoms with Gasteiger partial charge in [-0.05, 0) is 38.4 Å². The summed E-state index contributed by atoms with van der Waals surface area (Å²) in [5.41, 5.74) is 0. The summed E-state index contributed by atoms with van der Waals surface area (Å²) in [5, 5.41) is 6.96. The molecule has 2 rings (SSSR count). The predicted molar refractivity (Wildman–Crippen MR) is 56.2 cm³/mol. The maximum absolute atomic E-state index is 5.35. The quantitative estimate of drug-likeness (QED) is 0.768. The molecule has 1 aromatic heterocycles. The lowest BCUT2D eigenvalue weighted by molar-refractivity contribution is 0.335. The van der Waals surface area contributed by atoms with Crippen LogP contribution in [0.3, 0.4) is 0 Å². The molecule has 2 heterocycles. The predicted octanol–water partition coefficient (Wildman–Crippen LogP) is 1.68. The number of rotatable bonds is 3. The summed E-state index contributed by atoms with van der Waals surface area (Å²) >= 11 is 0. The lowest BCUT2D eigenvalue weighted by Gasteiger charge is -2.26. The van der Waals surface area contributed by atoms with Crippen molar-refractivity contribution in [1.29, 1.82) is 0 Å². The molecular weight excluding hydrogens is 176 g/mol. The van der Waals surface area contributed by atoms with Gasteiger partial charge in [0.05, 0.1) is 12.3 Å². The van der Waals surface area contributed by atoms with Gasteiger partial charge in [0.25, 0.3) is 0 Å². The Bertz CT molecular complexity index is 252. The van der Waals surface area contributed by atoms with Crippen LogP contribution in [0.15, 0.2) is 22.8 Å². The number of hydrogen-bond donors (Lipinski definition) is 2. The van der Waals surface area contributed by atoms with Gasteiger partial charge in [0, 0.05) is 12.6 Å². The fourth-order valence-corrected chi connectivity index (χ4v) is 1.97. The number of piperidine rings is 1. The molecule has 1 saturated heterocycles. The first-order valence-corrected chi connectivity index (χ1v) is 5.36. The Morgan fingerprint density at radius 3 is 3.21 bits per heavy atom. The fraction of sp³-hybridized carbons (Fsp3) is 0.636. The third-order valence-electron chi connectivity index (χ3n) is 2.75. The molecule has 78 valence electrons. The molecule has 3 nitrogen and oxygen atoms in total. The van der Waals surface area contributed by atoms with Gasteiger partial charge >= 0.3 is 0 Å². The average Bonchev–Trinajstić information content (AvgIpc) is 2.72. The molecule has 2 N–H and O–H groups in total.